The van der Waals surface area contributed by atoms with E-state index in [0.29, 0.717) is 53.4 Å². The van der Waals surface area contributed by atoms with Gasteiger partial charge in [-0.2, -0.15) is 10.4 Å². The molecule has 0 amide bonds. The van der Waals surface area contributed by atoms with Crippen LogP contribution in [-0.4, -0.2) is 31.3 Å². The van der Waals surface area contributed by atoms with Gasteiger partial charge in [-0.1, -0.05) is 19.1 Å². The molecule has 9 heteroatoms. The van der Waals surface area contributed by atoms with Gasteiger partial charge in [0.2, 0.25) is 5.88 Å². The molecule has 0 atom stereocenters. The van der Waals surface area contributed by atoms with Crippen LogP contribution in [0.15, 0.2) is 41.3 Å². The number of aromatic amines is 1. The van der Waals surface area contributed by atoms with Crippen LogP contribution in [0, 0.1) is 14.9 Å². The van der Waals surface area contributed by atoms with Crippen LogP contribution >= 0.6 is 22.6 Å². The van der Waals surface area contributed by atoms with E-state index >= 15 is 0 Å². The number of hydrogen-bond donors (Lipinski definition) is 1. The van der Waals surface area contributed by atoms with Crippen LogP contribution in [0.4, 0.5) is 0 Å². The van der Waals surface area contributed by atoms with E-state index in [0.717, 1.165) is 14.8 Å². The summed E-state index contributed by atoms with van der Waals surface area (Å²) in [5.74, 6) is 0.827. The number of fused-ring (bicyclic) bond motifs is 1. The Kier molecular flexibility index (Phi) is 5.99. The van der Waals surface area contributed by atoms with Crippen molar-refractivity contribution in [2.75, 3.05) is 6.61 Å². The van der Waals surface area contributed by atoms with Gasteiger partial charge in [0, 0.05) is 9.77 Å². The number of ether oxygens (including phenoxy) is 1. The van der Waals surface area contributed by atoms with Crippen LogP contribution < -0.4 is 10.3 Å². The highest BCUT2D eigenvalue weighted by Crippen LogP contribution is 2.28. The number of aromatic nitrogens is 5. The van der Waals surface area contributed by atoms with Crippen molar-refractivity contribution in [2.45, 2.75) is 26.8 Å². The highest BCUT2D eigenvalue weighted by molar-refractivity contribution is 14.1. The van der Waals surface area contributed by atoms with Gasteiger partial charge in [-0.3, -0.25) is 9.48 Å². The molecular weight excluding hydrogens is 507 g/mol. The predicted molar refractivity (Wildman–Crippen MR) is 125 cm³/mol. The fourth-order valence-electron chi connectivity index (χ4n) is 3.38. The van der Waals surface area contributed by atoms with Crippen molar-refractivity contribution in [1.82, 2.24) is 24.7 Å². The number of aryl methyl sites for hydroxylation is 1. The highest BCUT2D eigenvalue weighted by atomic mass is 127. The lowest BCUT2D eigenvalue weighted by molar-refractivity contribution is 0.328. The number of H-pyrrole nitrogens is 1. The predicted octanol–water partition coefficient (Wildman–Crippen LogP) is 3.67. The van der Waals surface area contributed by atoms with E-state index in [9.17, 15) is 4.79 Å². The van der Waals surface area contributed by atoms with E-state index < -0.39 is 0 Å². The van der Waals surface area contributed by atoms with E-state index in [4.69, 9.17) is 15.0 Å². The lowest BCUT2D eigenvalue weighted by Crippen LogP contribution is -2.11. The van der Waals surface area contributed by atoms with Gasteiger partial charge in [-0.05, 0) is 59.7 Å². The first-order valence-corrected chi connectivity index (χ1v) is 10.9. The largest absolute Gasteiger partial charge is 0.477 e. The zero-order valence-electron chi connectivity index (χ0n) is 17.0. The fourth-order valence-corrected chi connectivity index (χ4v) is 3.83. The lowest BCUT2D eigenvalue weighted by Gasteiger charge is -2.09. The van der Waals surface area contributed by atoms with Crippen molar-refractivity contribution in [3.05, 3.63) is 67.3 Å². The summed E-state index contributed by atoms with van der Waals surface area (Å²) in [6.45, 7) is 4.82. The van der Waals surface area contributed by atoms with Gasteiger partial charge in [-0.25, -0.2) is 9.97 Å². The molecule has 0 fully saturated rings. The summed E-state index contributed by atoms with van der Waals surface area (Å²) in [4.78, 5) is 24.8. The van der Waals surface area contributed by atoms with Crippen molar-refractivity contribution in [1.29, 1.82) is 5.26 Å². The van der Waals surface area contributed by atoms with Gasteiger partial charge in [-0.15, -0.1) is 0 Å². The second-order valence-electron chi connectivity index (χ2n) is 6.82. The normalized spacial score (nSPS) is 10.9. The summed E-state index contributed by atoms with van der Waals surface area (Å²) >= 11 is 2.17. The van der Waals surface area contributed by atoms with E-state index in [1.807, 2.05) is 32.0 Å². The molecule has 156 valence electrons. The number of rotatable bonds is 6. The van der Waals surface area contributed by atoms with E-state index in [-0.39, 0.29) is 5.56 Å². The van der Waals surface area contributed by atoms with Crippen molar-refractivity contribution in [3.63, 3.8) is 0 Å². The number of nitrogens with zero attached hydrogens (tertiary/aromatic N) is 5. The first kappa shape index (κ1) is 21.0. The van der Waals surface area contributed by atoms with Crippen LogP contribution in [0.5, 0.6) is 5.88 Å². The van der Waals surface area contributed by atoms with Gasteiger partial charge in [0.25, 0.3) is 5.56 Å². The standard InChI is InChI=1S/C22H19IN6O2/c1-3-17-18-19(28-29(17)12-14-7-5-13(10-24)6-8-14)21(30)27-20(26-18)16-9-15(23)11-25-22(16)31-4-2/h5-9,11H,3-4,12H2,1-2H3,(H,26,27,30). The first-order valence-electron chi connectivity index (χ1n) is 9.81. The van der Waals surface area contributed by atoms with Crippen molar-refractivity contribution < 1.29 is 4.74 Å². The van der Waals surface area contributed by atoms with Crippen LogP contribution in [-0.2, 0) is 13.0 Å². The van der Waals surface area contributed by atoms with Crippen molar-refractivity contribution in [3.8, 4) is 23.3 Å². The van der Waals surface area contributed by atoms with Crippen molar-refractivity contribution >= 4 is 33.6 Å². The van der Waals surface area contributed by atoms with Crippen LogP contribution in [0.25, 0.3) is 22.4 Å². The molecule has 3 aromatic heterocycles. The van der Waals surface area contributed by atoms with Gasteiger partial charge in [0.05, 0.1) is 36.0 Å². The summed E-state index contributed by atoms with van der Waals surface area (Å²) < 4.78 is 8.35. The smallest absolute Gasteiger partial charge is 0.279 e. The third-order valence-electron chi connectivity index (χ3n) is 4.80. The molecular formula is C22H19IN6O2. The molecule has 0 unspecified atom stereocenters. The van der Waals surface area contributed by atoms with E-state index in [1.165, 1.54) is 0 Å². The van der Waals surface area contributed by atoms with Gasteiger partial charge in [0.1, 0.15) is 11.3 Å². The molecule has 1 aromatic carbocycles. The molecule has 0 aliphatic rings. The minimum atomic E-state index is -0.311. The topological polar surface area (TPSA) is 109 Å². The minimum Gasteiger partial charge on any atom is -0.477 e. The van der Waals surface area contributed by atoms with E-state index in [1.54, 1.807) is 23.0 Å². The maximum Gasteiger partial charge on any atom is 0.279 e. The molecule has 8 nitrogen and oxygen atoms in total. The zero-order chi connectivity index (χ0) is 22.0. The second-order valence-corrected chi connectivity index (χ2v) is 8.06. The zero-order valence-corrected chi connectivity index (χ0v) is 19.2. The van der Waals surface area contributed by atoms with Crippen LogP contribution in [0.2, 0.25) is 0 Å². The molecule has 31 heavy (non-hydrogen) atoms. The second kappa shape index (κ2) is 8.85. The van der Waals surface area contributed by atoms with Gasteiger partial charge >= 0.3 is 0 Å². The molecule has 0 saturated carbocycles. The molecule has 4 rings (SSSR count). The Morgan fingerprint density at radius 3 is 2.68 bits per heavy atom. The molecule has 0 radical (unpaired) electrons. The molecule has 4 aromatic rings. The molecule has 0 spiro atoms. The van der Waals surface area contributed by atoms with Crippen LogP contribution in [0.3, 0.4) is 0 Å². The number of pyridine rings is 1. The minimum absolute atomic E-state index is 0.297. The molecule has 0 aliphatic carbocycles. The molecule has 0 saturated heterocycles. The molecule has 3 heterocycles. The Hall–Kier alpha value is -3.26. The van der Waals surface area contributed by atoms with Gasteiger partial charge < -0.3 is 9.72 Å². The Bertz CT molecular complexity index is 1350. The number of hydrogen-bond acceptors (Lipinski definition) is 6. The SMILES string of the molecule is CCOc1ncc(I)cc1-c1nc2c(CC)n(Cc3ccc(C#N)cc3)nc2c(=O)[nH]1. The summed E-state index contributed by atoms with van der Waals surface area (Å²) in [6, 6.07) is 11.3. The summed E-state index contributed by atoms with van der Waals surface area (Å²) in [6.07, 6.45) is 2.37. The number of halogens is 1. The Morgan fingerprint density at radius 2 is 2.00 bits per heavy atom. The molecule has 0 aliphatic heterocycles. The Labute approximate surface area is 192 Å². The maximum atomic E-state index is 12.9. The lowest BCUT2D eigenvalue weighted by atomic mass is 10.1. The third kappa shape index (κ3) is 4.16. The molecule has 1 N–H and O–H groups in total. The quantitative estimate of drug-likeness (QED) is 0.384. The maximum absolute atomic E-state index is 12.9. The Balaban J connectivity index is 1.83. The fraction of sp³-hybridized carbons (Fsp3) is 0.227. The average molecular weight is 526 g/mol. The number of nitriles is 1. The molecule has 0 bridgehead atoms. The average Bonchev–Trinajstić information content (AvgIpc) is 3.13. The van der Waals surface area contributed by atoms with Gasteiger partial charge in [0.15, 0.2) is 5.52 Å². The monoisotopic (exact) mass is 526 g/mol. The summed E-state index contributed by atoms with van der Waals surface area (Å²) in [5, 5.41) is 13.5. The first-order chi connectivity index (χ1) is 15.0. The van der Waals surface area contributed by atoms with E-state index in [2.05, 4.69) is 43.7 Å². The van der Waals surface area contributed by atoms with Crippen molar-refractivity contribution in [2.24, 2.45) is 0 Å². The number of nitrogens with one attached hydrogen (secondary N) is 1. The third-order valence-corrected chi connectivity index (χ3v) is 5.39. The Morgan fingerprint density at radius 1 is 1.23 bits per heavy atom. The summed E-state index contributed by atoms with van der Waals surface area (Å²) in [7, 11) is 0. The number of benzene rings is 1. The van der Waals surface area contributed by atoms with Crippen LogP contribution in [0.1, 0.15) is 30.7 Å². The highest BCUT2D eigenvalue weighted by Gasteiger charge is 2.19. The summed E-state index contributed by atoms with van der Waals surface area (Å²) in [5.41, 5.74) is 3.64.